The Balaban J connectivity index is 1.54. The fraction of sp³-hybridized carbons (Fsp3) is 0.375. The maximum Gasteiger partial charge on any atom is 0.282 e. The molecule has 1 amide bonds. The van der Waals surface area contributed by atoms with Crippen LogP contribution in [-0.4, -0.2) is 46.9 Å². The zero-order valence-corrected chi connectivity index (χ0v) is 13.0. The molecule has 1 aliphatic rings. The van der Waals surface area contributed by atoms with Crippen molar-refractivity contribution in [1.82, 2.24) is 14.8 Å². The summed E-state index contributed by atoms with van der Waals surface area (Å²) in [6, 6.07) is 10.5. The SMILES string of the molecule is Cc1csc(C(=O)N2CCN(Cc3ccccc3)CC2)n1. The molecule has 0 N–H and O–H groups in total. The minimum atomic E-state index is 0.0764. The van der Waals surface area contributed by atoms with E-state index in [9.17, 15) is 4.79 Å². The van der Waals surface area contributed by atoms with Crippen molar-refractivity contribution in [3.8, 4) is 0 Å². The van der Waals surface area contributed by atoms with Gasteiger partial charge < -0.3 is 4.90 Å². The van der Waals surface area contributed by atoms with Crippen LogP contribution in [0.15, 0.2) is 35.7 Å². The first-order chi connectivity index (χ1) is 10.2. The van der Waals surface area contributed by atoms with E-state index >= 15 is 0 Å². The van der Waals surface area contributed by atoms with Crippen molar-refractivity contribution >= 4 is 17.2 Å². The van der Waals surface area contributed by atoms with E-state index in [1.807, 2.05) is 23.3 Å². The fourth-order valence-electron chi connectivity index (χ4n) is 2.54. The zero-order chi connectivity index (χ0) is 14.7. The molecule has 1 saturated heterocycles. The summed E-state index contributed by atoms with van der Waals surface area (Å²) in [6.45, 7) is 6.29. The molecule has 21 heavy (non-hydrogen) atoms. The van der Waals surface area contributed by atoms with Crippen LogP contribution in [0, 0.1) is 6.92 Å². The first-order valence-electron chi connectivity index (χ1n) is 7.20. The van der Waals surface area contributed by atoms with Gasteiger partial charge in [-0.3, -0.25) is 9.69 Å². The van der Waals surface area contributed by atoms with Crippen LogP contribution in [-0.2, 0) is 6.54 Å². The molecule has 2 aromatic rings. The molecule has 0 atom stereocenters. The Kier molecular flexibility index (Phi) is 4.31. The fourth-order valence-corrected chi connectivity index (χ4v) is 3.30. The lowest BCUT2D eigenvalue weighted by atomic mass is 10.2. The average molecular weight is 301 g/mol. The van der Waals surface area contributed by atoms with Crippen molar-refractivity contribution < 1.29 is 4.79 Å². The first kappa shape index (κ1) is 14.2. The van der Waals surface area contributed by atoms with Gasteiger partial charge in [0.1, 0.15) is 0 Å². The van der Waals surface area contributed by atoms with Crippen LogP contribution in [0.25, 0.3) is 0 Å². The van der Waals surface area contributed by atoms with Crippen LogP contribution in [0.4, 0.5) is 0 Å². The molecule has 2 heterocycles. The van der Waals surface area contributed by atoms with Crippen LogP contribution in [0.2, 0.25) is 0 Å². The maximum absolute atomic E-state index is 12.3. The van der Waals surface area contributed by atoms with Crippen molar-refractivity contribution in [2.75, 3.05) is 26.2 Å². The lowest BCUT2D eigenvalue weighted by Crippen LogP contribution is -2.48. The van der Waals surface area contributed by atoms with Gasteiger partial charge in [-0.2, -0.15) is 0 Å². The van der Waals surface area contributed by atoms with Gasteiger partial charge in [0, 0.05) is 43.8 Å². The number of aromatic nitrogens is 1. The quantitative estimate of drug-likeness (QED) is 0.873. The molecule has 1 aromatic heterocycles. The number of piperazine rings is 1. The molecule has 1 fully saturated rings. The van der Waals surface area contributed by atoms with Gasteiger partial charge in [-0.05, 0) is 12.5 Å². The predicted molar refractivity (Wildman–Crippen MR) is 84.5 cm³/mol. The van der Waals surface area contributed by atoms with E-state index in [2.05, 4.69) is 34.1 Å². The van der Waals surface area contributed by atoms with Crippen molar-refractivity contribution in [3.63, 3.8) is 0 Å². The third-order valence-corrected chi connectivity index (χ3v) is 4.66. The number of carbonyl (C=O) groups excluding carboxylic acids is 1. The molecule has 5 heteroatoms. The summed E-state index contributed by atoms with van der Waals surface area (Å²) in [5, 5.41) is 2.54. The normalized spacial score (nSPS) is 16.1. The second-order valence-electron chi connectivity index (χ2n) is 5.35. The number of aryl methyl sites for hydroxylation is 1. The van der Waals surface area contributed by atoms with Gasteiger partial charge in [0.05, 0.1) is 0 Å². The number of hydrogen-bond acceptors (Lipinski definition) is 4. The van der Waals surface area contributed by atoms with Gasteiger partial charge in [0.2, 0.25) is 0 Å². The Bertz CT molecular complexity index is 603. The minimum Gasteiger partial charge on any atom is -0.334 e. The predicted octanol–water partition coefficient (Wildman–Crippen LogP) is 2.41. The molecule has 1 aliphatic heterocycles. The molecule has 0 bridgehead atoms. The molecule has 0 radical (unpaired) electrons. The highest BCUT2D eigenvalue weighted by atomic mass is 32.1. The molecule has 0 spiro atoms. The van der Waals surface area contributed by atoms with E-state index in [-0.39, 0.29) is 5.91 Å². The third kappa shape index (κ3) is 3.49. The molecule has 0 unspecified atom stereocenters. The largest absolute Gasteiger partial charge is 0.334 e. The van der Waals surface area contributed by atoms with E-state index in [0.29, 0.717) is 5.01 Å². The maximum atomic E-state index is 12.3. The Morgan fingerprint density at radius 3 is 2.52 bits per heavy atom. The zero-order valence-electron chi connectivity index (χ0n) is 12.2. The summed E-state index contributed by atoms with van der Waals surface area (Å²) >= 11 is 1.44. The third-order valence-electron chi connectivity index (χ3n) is 3.71. The van der Waals surface area contributed by atoms with E-state index in [0.717, 1.165) is 38.4 Å². The van der Waals surface area contributed by atoms with E-state index in [1.165, 1.54) is 16.9 Å². The average Bonchev–Trinajstić information content (AvgIpc) is 2.95. The number of carbonyl (C=O) groups is 1. The Morgan fingerprint density at radius 1 is 1.19 bits per heavy atom. The highest BCUT2D eigenvalue weighted by molar-refractivity contribution is 7.11. The van der Waals surface area contributed by atoms with E-state index in [1.54, 1.807) is 0 Å². The molecule has 0 aliphatic carbocycles. The van der Waals surface area contributed by atoms with Crippen molar-refractivity contribution in [1.29, 1.82) is 0 Å². The van der Waals surface area contributed by atoms with Gasteiger partial charge in [0.15, 0.2) is 5.01 Å². The van der Waals surface area contributed by atoms with Crippen molar-refractivity contribution in [2.24, 2.45) is 0 Å². The molecule has 4 nitrogen and oxygen atoms in total. The van der Waals surface area contributed by atoms with Gasteiger partial charge in [-0.1, -0.05) is 30.3 Å². The molecular weight excluding hydrogens is 282 g/mol. The monoisotopic (exact) mass is 301 g/mol. The Morgan fingerprint density at radius 2 is 1.90 bits per heavy atom. The van der Waals surface area contributed by atoms with Crippen LogP contribution < -0.4 is 0 Å². The summed E-state index contributed by atoms with van der Waals surface area (Å²) in [6.07, 6.45) is 0. The molecule has 110 valence electrons. The van der Waals surface area contributed by atoms with Gasteiger partial charge in [-0.15, -0.1) is 11.3 Å². The summed E-state index contributed by atoms with van der Waals surface area (Å²) < 4.78 is 0. The lowest BCUT2D eigenvalue weighted by Gasteiger charge is -2.34. The first-order valence-corrected chi connectivity index (χ1v) is 8.08. The topological polar surface area (TPSA) is 36.4 Å². The van der Waals surface area contributed by atoms with Crippen LogP contribution in [0.5, 0.6) is 0 Å². The van der Waals surface area contributed by atoms with Crippen LogP contribution in [0.1, 0.15) is 21.1 Å². The van der Waals surface area contributed by atoms with Crippen LogP contribution in [0.3, 0.4) is 0 Å². The molecule has 3 rings (SSSR count). The second-order valence-corrected chi connectivity index (χ2v) is 6.21. The minimum absolute atomic E-state index is 0.0764. The summed E-state index contributed by atoms with van der Waals surface area (Å²) in [4.78, 5) is 20.9. The molecular formula is C16H19N3OS. The highest BCUT2D eigenvalue weighted by Gasteiger charge is 2.23. The standard InChI is InChI=1S/C16H19N3OS/c1-13-12-21-15(17-13)16(20)19-9-7-18(8-10-19)11-14-5-3-2-4-6-14/h2-6,12H,7-11H2,1H3. The number of nitrogens with zero attached hydrogens (tertiary/aromatic N) is 3. The van der Waals surface area contributed by atoms with E-state index < -0.39 is 0 Å². The molecule has 1 aromatic carbocycles. The van der Waals surface area contributed by atoms with Crippen molar-refractivity contribution in [2.45, 2.75) is 13.5 Å². The van der Waals surface area contributed by atoms with Crippen molar-refractivity contribution in [3.05, 3.63) is 52.0 Å². The highest BCUT2D eigenvalue weighted by Crippen LogP contribution is 2.14. The summed E-state index contributed by atoms with van der Waals surface area (Å²) in [7, 11) is 0. The van der Waals surface area contributed by atoms with Gasteiger partial charge >= 0.3 is 0 Å². The smallest absolute Gasteiger partial charge is 0.282 e. The van der Waals surface area contributed by atoms with E-state index in [4.69, 9.17) is 0 Å². The lowest BCUT2D eigenvalue weighted by molar-refractivity contribution is 0.0628. The summed E-state index contributed by atoms with van der Waals surface area (Å²) in [5.74, 6) is 0.0764. The summed E-state index contributed by atoms with van der Waals surface area (Å²) in [5.41, 5.74) is 2.25. The number of rotatable bonds is 3. The number of thiazole rings is 1. The van der Waals surface area contributed by atoms with Gasteiger partial charge in [0.25, 0.3) is 5.91 Å². The number of benzene rings is 1. The Hall–Kier alpha value is -1.72. The van der Waals surface area contributed by atoms with Gasteiger partial charge in [-0.25, -0.2) is 4.98 Å². The number of hydrogen-bond donors (Lipinski definition) is 0. The Labute approximate surface area is 129 Å². The number of amides is 1. The molecule has 0 saturated carbocycles. The van der Waals surface area contributed by atoms with Crippen LogP contribution >= 0.6 is 11.3 Å². The second kappa shape index (κ2) is 6.37.